The third-order valence-electron chi connectivity index (χ3n) is 5.54. The Kier molecular flexibility index (Phi) is 7.68. The Balaban J connectivity index is 1.25. The molecular formula is C23H26ClN5O2S. The molecule has 1 aliphatic rings. The lowest BCUT2D eigenvalue weighted by atomic mass is 10.1. The molecule has 168 valence electrons. The Morgan fingerprint density at radius 2 is 1.78 bits per heavy atom. The van der Waals surface area contributed by atoms with Gasteiger partial charge in [-0.15, -0.1) is 5.10 Å². The standard InChI is InChI=1S/C23H26ClN5O2S/c24-20-8-4-7-19(15-20)16-27-11-13-28(14-12-27)21(30)17-32-23-26-25-22(31)29(23)10-9-18-5-2-1-3-6-18/h1-8,15H,9-14,16-17H2,(H,25,31). The number of nitrogens with one attached hydrogen (secondary N) is 1. The quantitative estimate of drug-likeness (QED) is 0.511. The molecule has 0 atom stereocenters. The van der Waals surface area contributed by atoms with Crippen LogP contribution in [0.2, 0.25) is 5.02 Å². The molecule has 2 heterocycles. The fraction of sp³-hybridized carbons (Fsp3) is 0.348. The van der Waals surface area contributed by atoms with Gasteiger partial charge in [0.15, 0.2) is 5.16 Å². The van der Waals surface area contributed by atoms with E-state index in [1.807, 2.05) is 53.4 Å². The Labute approximate surface area is 196 Å². The van der Waals surface area contributed by atoms with Crippen LogP contribution in [-0.2, 0) is 24.3 Å². The molecule has 1 N–H and O–H groups in total. The number of hydrogen-bond donors (Lipinski definition) is 1. The number of H-pyrrole nitrogens is 1. The van der Waals surface area contributed by atoms with Crippen molar-refractivity contribution in [2.75, 3.05) is 31.9 Å². The molecule has 0 unspecified atom stereocenters. The number of aromatic nitrogens is 3. The number of piperazine rings is 1. The number of halogens is 1. The van der Waals surface area contributed by atoms with Gasteiger partial charge in [0.25, 0.3) is 0 Å². The summed E-state index contributed by atoms with van der Waals surface area (Å²) in [5, 5.41) is 7.91. The van der Waals surface area contributed by atoms with Crippen molar-refractivity contribution in [1.82, 2.24) is 24.6 Å². The van der Waals surface area contributed by atoms with Crippen LogP contribution < -0.4 is 5.69 Å². The van der Waals surface area contributed by atoms with Crippen LogP contribution in [0.4, 0.5) is 0 Å². The zero-order valence-corrected chi connectivity index (χ0v) is 19.3. The number of amides is 1. The second-order valence-electron chi connectivity index (χ2n) is 7.77. The molecule has 1 fully saturated rings. The monoisotopic (exact) mass is 471 g/mol. The molecule has 2 aromatic carbocycles. The first-order chi connectivity index (χ1) is 15.6. The molecule has 1 aliphatic heterocycles. The molecular weight excluding hydrogens is 446 g/mol. The molecule has 3 aromatic rings. The van der Waals surface area contributed by atoms with Gasteiger partial charge < -0.3 is 4.90 Å². The number of benzene rings is 2. The van der Waals surface area contributed by atoms with E-state index < -0.39 is 0 Å². The Morgan fingerprint density at radius 3 is 2.53 bits per heavy atom. The number of carbonyl (C=O) groups is 1. The zero-order chi connectivity index (χ0) is 22.3. The van der Waals surface area contributed by atoms with Crippen LogP contribution in [0.3, 0.4) is 0 Å². The highest BCUT2D eigenvalue weighted by molar-refractivity contribution is 7.99. The molecule has 9 heteroatoms. The number of rotatable bonds is 8. The van der Waals surface area contributed by atoms with Crippen molar-refractivity contribution >= 4 is 29.3 Å². The molecule has 0 saturated carbocycles. The highest BCUT2D eigenvalue weighted by atomic mass is 35.5. The summed E-state index contributed by atoms with van der Waals surface area (Å²) >= 11 is 7.38. The Bertz CT molecular complexity index is 1090. The average molecular weight is 472 g/mol. The summed E-state index contributed by atoms with van der Waals surface area (Å²) in [4.78, 5) is 29.1. The maximum Gasteiger partial charge on any atom is 0.343 e. The van der Waals surface area contributed by atoms with Gasteiger partial charge >= 0.3 is 5.69 Å². The highest BCUT2D eigenvalue weighted by Gasteiger charge is 2.22. The third-order valence-corrected chi connectivity index (χ3v) is 6.73. The van der Waals surface area contributed by atoms with Crippen molar-refractivity contribution in [2.24, 2.45) is 0 Å². The molecule has 0 radical (unpaired) electrons. The molecule has 1 amide bonds. The smallest absolute Gasteiger partial charge is 0.339 e. The summed E-state index contributed by atoms with van der Waals surface area (Å²) in [6.07, 6.45) is 0.733. The first-order valence-electron chi connectivity index (χ1n) is 10.6. The summed E-state index contributed by atoms with van der Waals surface area (Å²) in [6.45, 7) is 4.40. The van der Waals surface area contributed by atoms with Gasteiger partial charge in [-0.2, -0.15) is 0 Å². The van der Waals surface area contributed by atoms with Gasteiger partial charge in [0.05, 0.1) is 5.75 Å². The first kappa shape index (κ1) is 22.6. The minimum absolute atomic E-state index is 0.0717. The van der Waals surface area contributed by atoms with Gasteiger partial charge in [-0.25, -0.2) is 9.89 Å². The highest BCUT2D eigenvalue weighted by Crippen LogP contribution is 2.17. The lowest BCUT2D eigenvalue weighted by molar-refractivity contribution is -0.130. The van der Waals surface area contributed by atoms with Gasteiger partial charge in [0.2, 0.25) is 5.91 Å². The van der Waals surface area contributed by atoms with E-state index in [0.29, 0.717) is 24.8 Å². The molecule has 0 spiro atoms. The number of hydrogen-bond acceptors (Lipinski definition) is 5. The van der Waals surface area contributed by atoms with Crippen LogP contribution in [0, 0.1) is 0 Å². The van der Waals surface area contributed by atoms with E-state index in [4.69, 9.17) is 11.6 Å². The second kappa shape index (κ2) is 10.8. The van der Waals surface area contributed by atoms with E-state index in [9.17, 15) is 9.59 Å². The van der Waals surface area contributed by atoms with Gasteiger partial charge in [0.1, 0.15) is 0 Å². The Hall–Kier alpha value is -2.55. The van der Waals surface area contributed by atoms with Crippen molar-refractivity contribution in [1.29, 1.82) is 0 Å². The van der Waals surface area contributed by atoms with E-state index in [-0.39, 0.29) is 17.3 Å². The topological polar surface area (TPSA) is 74.2 Å². The van der Waals surface area contributed by atoms with E-state index in [1.165, 1.54) is 17.3 Å². The molecule has 4 rings (SSSR count). The number of carbonyl (C=O) groups excluding carboxylic acids is 1. The predicted molar refractivity (Wildman–Crippen MR) is 127 cm³/mol. The fourth-order valence-electron chi connectivity index (χ4n) is 3.76. The molecule has 1 saturated heterocycles. The van der Waals surface area contributed by atoms with E-state index in [2.05, 4.69) is 21.2 Å². The minimum atomic E-state index is -0.245. The number of thioether (sulfide) groups is 1. The summed E-state index contributed by atoms with van der Waals surface area (Å²) in [5.74, 6) is 0.340. The van der Waals surface area contributed by atoms with Crippen molar-refractivity contribution in [2.45, 2.75) is 24.7 Å². The van der Waals surface area contributed by atoms with Crippen molar-refractivity contribution in [3.63, 3.8) is 0 Å². The average Bonchev–Trinajstić information content (AvgIpc) is 3.16. The second-order valence-corrected chi connectivity index (χ2v) is 9.15. The Morgan fingerprint density at radius 1 is 1.03 bits per heavy atom. The van der Waals surface area contributed by atoms with Gasteiger partial charge in [0, 0.05) is 44.3 Å². The maximum atomic E-state index is 12.7. The lowest BCUT2D eigenvalue weighted by Crippen LogP contribution is -2.48. The zero-order valence-electron chi connectivity index (χ0n) is 17.7. The molecule has 1 aromatic heterocycles. The molecule has 32 heavy (non-hydrogen) atoms. The van der Waals surface area contributed by atoms with E-state index >= 15 is 0 Å². The SMILES string of the molecule is O=C(CSc1n[nH]c(=O)n1CCc1ccccc1)N1CCN(Cc2cccc(Cl)c2)CC1. The van der Waals surface area contributed by atoms with Crippen LogP contribution in [0.25, 0.3) is 0 Å². The predicted octanol–water partition coefficient (Wildman–Crippen LogP) is 2.90. The van der Waals surface area contributed by atoms with Crippen LogP contribution in [0.15, 0.2) is 64.5 Å². The summed E-state index contributed by atoms with van der Waals surface area (Å²) in [5.41, 5.74) is 2.09. The number of aromatic amines is 1. The number of aryl methyl sites for hydroxylation is 1. The van der Waals surface area contributed by atoms with Gasteiger partial charge in [-0.1, -0.05) is 65.8 Å². The van der Waals surface area contributed by atoms with Crippen molar-refractivity contribution < 1.29 is 4.79 Å². The maximum absolute atomic E-state index is 12.7. The van der Waals surface area contributed by atoms with Gasteiger partial charge in [-0.05, 0) is 29.7 Å². The summed E-state index contributed by atoms with van der Waals surface area (Å²) < 4.78 is 1.61. The van der Waals surface area contributed by atoms with Crippen molar-refractivity contribution in [3.8, 4) is 0 Å². The summed E-state index contributed by atoms with van der Waals surface area (Å²) in [6, 6.07) is 17.9. The van der Waals surface area contributed by atoms with E-state index in [1.54, 1.807) is 4.57 Å². The molecule has 0 aliphatic carbocycles. The van der Waals surface area contributed by atoms with E-state index in [0.717, 1.165) is 36.6 Å². The van der Waals surface area contributed by atoms with Gasteiger partial charge in [-0.3, -0.25) is 14.3 Å². The number of nitrogens with zero attached hydrogens (tertiary/aromatic N) is 4. The normalized spacial score (nSPS) is 14.6. The van der Waals surface area contributed by atoms with Crippen molar-refractivity contribution in [3.05, 3.63) is 81.2 Å². The lowest BCUT2D eigenvalue weighted by Gasteiger charge is -2.34. The first-order valence-corrected chi connectivity index (χ1v) is 12.0. The van der Waals surface area contributed by atoms with Crippen LogP contribution in [0.5, 0.6) is 0 Å². The fourth-order valence-corrected chi connectivity index (χ4v) is 4.85. The largest absolute Gasteiger partial charge is 0.343 e. The molecule has 0 bridgehead atoms. The van der Waals surface area contributed by atoms with Crippen LogP contribution >= 0.6 is 23.4 Å². The minimum Gasteiger partial charge on any atom is -0.339 e. The third kappa shape index (κ3) is 6.03. The summed E-state index contributed by atoms with van der Waals surface area (Å²) in [7, 11) is 0. The van der Waals surface area contributed by atoms with Crippen LogP contribution in [-0.4, -0.2) is 62.4 Å². The van der Waals surface area contributed by atoms with Crippen LogP contribution in [0.1, 0.15) is 11.1 Å². The molecule has 7 nitrogen and oxygen atoms in total.